The number of methoxy groups -OCH3 is 1. The highest BCUT2D eigenvalue weighted by molar-refractivity contribution is 7.99. The lowest BCUT2D eigenvalue weighted by Crippen LogP contribution is -2.07. The third-order valence-corrected chi connectivity index (χ3v) is 2.67. The van der Waals surface area contributed by atoms with E-state index in [2.05, 4.69) is 0 Å². The molecular formula is C10H11F3OS. The van der Waals surface area contributed by atoms with E-state index in [9.17, 15) is 13.2 Å². The zero-order chi connectivity index (χ0) is 11.5. The zero-order valence-electron chi connectivity index (χ0n) is 8.39. The molecule has 0 radical (unpaired) electrons. The topological polar surface area (TPSA) is 9.23 Å². The summed E-state index contributed by atoms with van der Waals surface area (Å²) in [6.07, 6.45) is -4.36. The van der Waals surface area contributed by atoms with Crippen LogP contribution in [0.25, 0.3) is 0 Å². The van der Waals surface area contributed by atoms with E-state index in [1.165, 1.54) is 31.0 Å². The van der Waals surface area contributed by atoms with Gasteiger partial charge in [-0.2, -0.15) is 13.2 Å². The van der Waals surface area contributed by atoms with Gasteiger partial charge in [0.1, 0.15) is 5.75 Å². The monoisotopic (exact) mass is 236 g/mol. The van der Waals surface area contributed by atoms with Gasteiger partial charge in [-0.15, -0.1) is 11.8 Å². The van der Waals surface area contributed by atoms with Gasteiger partial charge in [-0.05, 0) is 24.0 Å². The summed E-state index contributed by atoms with van der Waals surface area (Å²) < 4.78 is 42.1. The van der Waals surface area contributed by atoms with Gasteiger partial charge in [0.05, 0.1) is 12.7 Å². The Morgan fingerprint density at radius 3 is 2.47 bits per heavy atom. The number of rotatable bonds is 3. The fourth-order valence-electron chi connectivity index (χ4n) is 1.16. The number of thioether (sulfide) groups is 1. The third-order valence-electron chi connectivity index (χ3n) is 1.79. The summed E-state index contributed by atoms with van der Waals surface area (Å²) in [5.41, 5.74) is -0.731. The molecule has 0 fully saturated rings. The quantitative estimate of drug-likeness (QED) is 0.738. The van der Waals surface area contributed by atoms with Crippen LogP contribution in [0, 0.1) is 0 Å². The lowest BCUT2D eigenvalue weighted by atomic mass is 10.2. The van der Waals surface area contributed by atoms with Crippen molar-refractivity contribution in [3.63, 3.8) is 0 Å². The lowest BCUT2D eigenvalue weighted by molar-refractivity contribution is -0.138. The van der Waals surface area contributed by atoms with E-state index in [0.29, 0.717) is 0 Å². The molecule has 15 heavy (non-hydrogen) atoms. The molecule has 84 valence electrons. The van der Waals surface area contributed by atoms with Gasteiger partial charge in [0.15, 0.2) is 0 Å². The molecule has 0 unspecified atom stereocenters. The Morgan fingerprint density at radius 2 is 2.00 bits per heavy atom. The number of halogens is 3. The van der Waals surface area contributed by atoms with Crippen LogP contribution in [0.5, 0.6) is 5.75 Å². The van der Waals surface area contributed by atoms with Crippen LogP contribution in [-0.4, -0.2) is 12.9 Å². The van der Waals surface area contributed by atoms with Gasteiger partial charge in [-0.3, -0.25) is 0 Å². The second-order valence-electron chi connectivity index (χ2n) is 2.79. The summed E-state index contributed by atoms with van der Waals surface area (Å²) in [7, 11) is 1.24. The van der Waals surface area contributed by atoms with Gasteiger partial charge in [-0.25, -0.2) is 0 Å². The lowest BCUT2D eigenvalue weighted by Gasteiger charge is -2.12. The Morgan fingerprint density at radius 1 is 1.33 bits per heavy atom. The number of ether oxygens (including phenoxy) is 1. The molecule has 0 aliphatic carbocycles. The average Bonchev–Trinajstić information content (AvgIpc) is 2.16. The molecule has 1 nitrogen and oxygen atoms in total. The molecule has 1 rings (SSSR count). The van der Waals surface area contributed by atoms with E-state index >= 15 is 0 Å². The van der Waals surface area contributed by atoms with E-state index in [4.69, 9.17) is 4.74 Å². The number of alkyl halides is 3. The molecule has 0 saturated heterocycles. The van der Waals surface area contributed by atoms with Crippen LogP contribution in [-0.2, 0) is 6.18 Å². The first-order valence-corrected chi connectivity index (χ1v) is 5.35. The molecule has 5 heteroatoms. The van der Waals surface area contributed by atoms with Crippen LogP contribution in [0.15, 0.2) is 23.1 Å². The summed E-state index contributed by atoms with van der Waals surface area (Å²) in [5, 5.41) is 0. The van der Waals surface area contributed by atoms with Gasteiger partial charge in [0.2, 0.25) is 0 Å². The van der Waals surface area contributed by atoms with Crippen molar-refractivity contribution in [2.24, 2.45) is 0 Å². The van der Waals surface area contributed by atoms with Crippen LogP contribution in [0.3, 0.4) is 0 Å². The molecule has 0 aliphatic heterocycles. The minimum Gasteiger partial charge on any atom is -0.496 e. The largest absolute Gasteiger partial charge is 0.496 e. The second kappa shape index (κ2) is 4.79. The summed E-state index contributed by atoms with van der Waals surface area (Å²) >= 11 is 1.48. The van der Waals surface area contributed by atoms with Crippen LogP contribution in [0.4, 0.5) is 13.2 Å². The number of hydrogen-bond donors (Lipinski definition) is 0. The van der Waals surface area contributed by atoms with Gasteiger partial charge in [0.25, 0.3) is 0 Å². The first-order valence-electron chi connectivity index (χ1n) is 4.37. The molecule has 0 spiro atoms. The van der Waals surface area contributed by atoms with Crippen molar-refractivity contribution in [3.05, 3.63) is 23.8 Å². The minimum absolute atomic E-state index is 0.124. The molecule has 0 bridgehead atoms. The van der Waals surface area contributed by atoms with E-state index < -0.39 is 11.7 Å². The van der Waals surface area contributed by atoms with Crippen molar-refractivity contribution in [1.82, 2.24) is 0 Å². The third kappa shape index (κ3) is 3.06. The normalized spacial score (nSPS) is 11.5. The Kier molecular flexibility index (Phi) is 3.90. The smallest absolute Gasteiger partial charge is 0.419 e. The SMILES string of the molecule is CCSc1ccc(C(F)(F)F)c(OC)c1. The molecule has 0 N–H and O–H groups in total. The molecule has 0 saturated carbocycles. The first-order chi connectivity index (χ1) is 6.99. The Hall–Kier alpha value is -0.840. The molecule has 1 aromatic carbocycles. The van der Waals surface area contributed by atoms with Crippen molar-refractivity contribution in [1.29, 1.82) is 0 Å². The summed E-state index contributed by atoms with van der Waals surface area (Å²) in [5.74, 6) is 0.690. The summed E-state index contributed by atoms with van der Waals surface area (Å²) in [6.45, 7) is 1.94. The standard InChI is InChI=1S/C10H11F3OS/c1-3-15-7-4-5-8(10(11,12)13)9(6-7)14-2/h4-6H,3H2,1-2H3. The van der Waals surface area contributed by atoms with Crippen molar-refractivity contribution in [3.8, 4) is 5.75 Å². The van der Waals surface area contributed by atoms with Crippen LogP contribution >= 0.6 is 11.8 Å². The highest BCUT2D eigenvalue weighted by Gasteiger charge is 2.34. The molecule has 0 aliphatic rings. The van der Waals surface area contributed by atoms with Crippen molar-refractivity contribution >= 4 is 11.8 Å². The molecule has 0 atom stereocenters. The van der Waals surface area contributed by atoms with E-state index in [-0.39, 0.29) is 5.75 Å². The second-order valence-corrected chi connectivity index (χ2v) is 4.13. The molecular weight excluding hydrogens is 225 g/mol. The van der Waals surface area contributed by atoms with Gasteiger partial charge in [-0.1, -0.05) is 6.92 Å². The van der Waals surface area contributed by atoms with E-state index in [1.807, 2.05) is 6.92 Å². The molecule has 0 amide bonds. The maximum atomic E-state index is 12.5. The van der Waals surface area contributed by atoms with Gasteiger partial charge >= 0.3 is 6.18 Å². The van der Waals surface area contributed by atoms with Crippen LogP contribution < -0.4 is 4.74 Å². The summed E-state index contributed by atoms with van der Waals surface area (Å²) in [6, 6.07) is 3.92. The number of hydrogen-bond acceptors (Lipinski definition) is 2. The van der Waals surface area contributed by atoms with Gasteiger partial charge < -0.3 is 4.74 Å². The highest BCUT2D eigenvalue weighted by atomic mass is 32.2. The minimum atomic E-state index is -4.36. The Balaban J connectivity index is 3.09. The maximum absolute atomic E-state index is 12.5. The zero-order valence-corrected chi connectivity index (χ0v) is 9.21. The first kappa shape index (κ1) is 12.2. The van der Waals surface area contributed by atoms with Crippen molar-refractivity contribution < 1.29 is 17.9 Å². The van der Waals surface area contributed by atoms with Gasteiger partial charge in [0, 0.05) is 4.90 Å². The molecule has 0 heterocycles. The van der Waals surface area contributed by atoms with E-state index in [1.54, 1.807) is 0 Å². The van der Waals surface area contributed by atoms with E-state index in [0.717, 1.165) is 16.7 Å². The van der Waals surface area contributed by atoms with Crippen molar-refractivity contribution in [2.75, 3.05) is 12.9 Å². The van der Waals surface area contributed by atoms with Crippen molar-refractivity contribution in [2.45, 2.75) is 18.0 Å². The predicted molar refractivity (Wildman–Crippen MR) is 54.4 cm³/mol. The number of benzene rings is 1. The average molecular weight is 236 g/mol. The highest BCUT2D eigenvalue weighted by Crippen LogP contribution is 2.38. The molecule has 0 aromatic heterocycles. The Bertz CT molecular complexity index is 336. The maximum Gasteiger partial charge on any atom is 0.419 e. The summed E-state index contributed by atoms with van der Waals surface area (Å²) in [4.78, 5) is 0.780. The van der Waals surface area contributed by atoms with Crippen LogP contribution in [0.1, 0.15) is 12.5 Å². The molecule has 1 aromatic rings. The Labute approximate surface area is 90.6 Å². The van der Waals surface area contributed by atoms with Crippen LogP contribution in [0.2, 0.25) is 0 Å². The fourth-order valence-corrected chi connectivity index (χ4v) is 1.85. The predicted octanol–water partition coefficient (Wildman–Crippen LogP) is 3.83. The fraction of sp³-hybridized carbons (Fsp3) is 0.400.